The van der Waals surface area contributed by atoms with E-state index in [1.165, 1.54) is 17.0 Å². The minimum absolute atomic E-state index is 0.190. The molecule has 3 unspecified atom stereocenters. The van der Waals surface area contributed by atoms with Crippen molar-refractivity contribution in [2.75, 3.05) is 18.1 Å². The number of ether oxygens (including phenoxy) is 1. The third-order valence-electron chi connectivity index (χ3n) is 4.92. The molecule has 2 aliphatic heterocycles. The number of benzene rings is 1. The van der Waals surface area contributed by atoms with Crippen molar-refractivity contribution in [3.63, 3.8) is 0 Å². The standard InChI is InChI=1S/C16H16F3NO3/c1-9-7-20(12-5-3-11(4-6-12)16(17,18)19)13(21)15(9)10(2)8-23-14(15)22/h3-6,9-10H,7-8H2,1-2H3. The zero-order chi connectivity index (χ0) is 17.0. The van der Waals surface area contributed by atoms with Crippen LogP contribution in [-0.2, 0) is 20.5 Å². The second-order valence-electron chi connectivity index (χ2n) is 6.23. The molecule has 0 saturated carbocycles. The van der Waals surface area contributed by atoms with E-state index in [9.17, 15) is 22.8 Å². The molecule has 3 atom stereocenters. The van der Waals surface area contributed by atoms with Gasteiger partial charge < -0.3 is 9.64 Å². The van der Waals surface area contributed by atoms with Crippen molar-refractivity contribution in [3.8, 4) is 0 Å². The molecule has 0 radical (unpaired) electrons. The molecule has 3 rings (SSSR count). The maximum Gasteiger partial charge on any atom is 0.416 e. The minimum atomic E-state index is -4.42. The van der Waals surface area contributed by atoms with Crippen LogP contribution >= 0.6 is 0 Å². The number of cyclic esters (lactones) is 1. The second kappa shape index (κ2) is 4.97. The lowest BCUT2D eigenvalue weighted by Gasteiger charge is -2.25. The van der Waals surface area contributed by atoms with E-state index >= 15 is 0 Å². The summed E-state index contributed by atoms with van der Waals surface area (Å²) in [5.74, 6) is -1.43. The largest absolute Gasteiger partial charge is 0.465 e. The molecular formula is C16H16F3NO3. The predicted molar refractivity (Wildman–Crippen MR) is 75.5 cm³/mol. The van der Waals surface area contributed by atoms with Crippen molar-refractivity contribution in [2.24, 2.45) is 17.3 Å². The molecule has 23 heavy (non-hydrogen) atoms. The average Bonchev–Trinajstić information content (AvgIpc) is 2.93. The zero-order valence-electron chi connectivity index (χ0n) is 12.7. The van der Waals surface area contributed by atoms with Crippen LogP contribution in [0.15, 0.2) is 24.3 Å². The molecule has 4 nitrogen and oxygen atoms in total. The zero-order valence-corrected chi connectivity index (χ0v) is 12.7. The molecule has 1 amide bonds. The lowest BCUT2D eigenvalue weighted by atomic mass is 9.71. The van der Waals surface area contributed by atoms with Crippen molar-refractivity contribution >= 4 is 17.6 Å². The first-order valence-corrected chi connectivity index (χ1v) is 7.35. The van der Waals surface area contributed by atoms with Gasteiger partial charge in [0.2, 0.25) is 5.91 Å². The van der Waals surface area contributed by atoms with Crippen LogP contribution in [0, 0.1) is 17.3 Å². The predicted octanol–water partition coefficient (Wildman–Crippen LogP) is 2.87. The van der Waals surface area contributed by atoms with Crippen LogP contribution < -0.4 is 4.90 Å². The van der Waals surface area contributed by atoms with Gasteiger partial charge in [-0.3, -0.25) is 9.59 Å². The summed E-state index contributed by atoms with van der Waals surface area (Å²) in [7, 11) is 0. The number of hydrogen-bond donors (Lipinski definition) is 0. The first-order chi connectivity index (χ1) is 10.7. The van der Waals surface area contributed by atoms with Gasteiger partial charge in [0.05, 0.1) is 12.2 Å². The Hall–Kier alpha value is -2.05. The van der Waals surface area contributed by atoms with Crippen LogP contribution in [0.25, 0.3) is 0 Å². The van der Waals surface area contributed by atoms with E-state index in [1.54, 1.807) is 13.8 Å². The third kappa shape index (κ3) is 2.13. The number of rotatable bonds is 1. The third-order valence-corrected chi connectivity index (χ3v) is 4.92. The summed E-state index contributed by atoms with van der Waals surface area (Å²) >= 11 is 0. The maximum atomic E-state index is 12.8. The Morgan fingerprint density at radius 3 is 2.22 bits per heavy atom. The number of carbonyl (C=O) groups is 2. The van der Waals surface area contributed by atoms with Crippen LogP contribution in [0.2, 0.25) is 0 Å². The summed E-state index contributed by atoms with van der Waals surface area (Å²) in [4.78, 5) is 26.4. The summed E-state index contributed by atoms with van der Waals surface area (Å²) in [6, 6.07) is 4.40. The Morgan fingerprint density at radius 1 is 1.13 bits per heavy atom. The Balaban J connectivity index is 1.94. The summed E-state index contributed by atoms with van der Waals surface area (Å²) in [5, 5.41) is 0. The number of esters is 1. The molecule has 1 spiro atoms. The monoisotopic (exact) mass is 327 g/mol. The van der Waals surface area contributed by atoms with Gasteiger partial charge in [-0.1, -0.05) is 13.8 Å². The van der Waals surface area contributed by atoms with Gasteiger partial charge in [-0.25, -0.2) is 0 Å². The molecule has 2 heterocycles. The van der Waals surface area contributed by atoms with Gasteiger partial charge in [0.25, 0.3) is 0 Å². The Kier molecular flexibility index (Phi) is 3.42. The molecule has 124 valence electrons. The first-order valence-electron chi connectivity index (χ1n) is 7.35. The molecule has 0 N–H and O–H groups in total. The molecule has 1 aromatic carbocycles. The Morgan fingerprint density at radius 2 is 1.74 bits per heavy atom. The topological polar surface area (TPSA) is 46.6 Å². The van der Waals surface area contributed by atoms with E-state index in [4.69, 9.17) is 4.74 Å². The lowest BCUT2D eigenvalue weighted by molar-refractivity contribution is -0.152. The van der Waals surface area contributed by atoms with Crippen molar-refractivity contribution < 1.29 is 27.5 Å². The Labute approximate surface area is 131 Å². The lowest BCUT2D eigenvalue weighted by Crippen LogP contribution is -2.44. The smallest absolute Gasteiger partial charge is 0.416 e. The van der Waals surface area contributed by atoms with E-state index in [-0.39, 0.29) is 30.9 Å². The van der Waals surface area contributed by atoms with E-state index in [2.05, 4.69) is 0 Å². The van der Waals surface area contributed by atoms with Crippen molar-refractivity contribution in [2.45, 2.75) is 20.0 Å². The van der Waals surface area contributed by atoms with Gasteiger partial charge in [-0.15, -0.1) is 0 Å². The van der Waals surface area contributed by atoms with E-state index in [0.717, 1.165) is 12.1 Å². The van der Waals surface area contributed by atoms with Gasteiger partial charge >= 0.3 is 12.1 Å². The summed E-state index contributed by atoms with van der Waals surface area (Å²) in [5.41, 5.74) is -1.63. The quantitative estimate of drug-likeness (QED) is 0.589. The fourth-order valence-corrected chi connectivity index (χ4v) is 3.63. The fourth-order valence-electron chi connectivity index (χ4n) is 3.63. The number of halogens is 3. The van der Waals surface area contributed by atoms with Gasteiger partial charge in [0.15, 0.2) is 5.41 Å². The minimum Gasteiger partial charge on any atom is -0.465 e. The molecule has 7 heteroatoms. The van der Waals surface area contributed by atoms with Gasteiger partial charge in [0.1, 0.15) is 0 Å². The van der Waals surface area contributed by atoms with Crippen LogP contribution in [0.3, 0.4) is 0 Å². The summed E-state index contributed by atoms with van der Waals surface area (Å²) in [6.07, 6.45) is -4.42. The highest BCUT2D eigenvalue weighted by atomic mass is 19.4. The molecular weight excluding hydrogens is 311 g/mol. The molecule has 1 aromatic rings. The second-order valence-corrected chi connectivity index (χ2v) is 6.23. The molecule has 0 aromatic heterocycles. The molecule has 2 saturated heterocycles. The normalized spacial score (nSPS) is 31.1. The SMILES string of the molecule is CC1COC(=O)C12C(=O)N(c1ccc(C(F)(F)F)cc1)CC2C. The number of alkyl halides is 3. The van der Waals surface area contributed by atoms with Crippen molar-refractivity contribution in [1.82, 2.24) is 0 Å². The van der Waals surface area contributed by atoms with Crippen molar-refractivity contribution in [3.05, 3.63) is 29.8 Å². The fraction of sp³-hybridized carbons (Fsp3) is 0.500. The summed E-state index contributed by atoms with van der Waals surface area (Å²) in [6.45, 7) is 4.06. The van der Waals surface area contributed by atoms with E-state index < -0.39 is 23.1 Å². The van der Waals surface area contributed by atoms with Crippen LogP contribution in [-0.4, -0.2) is 25.0 Å². The van der Waals surface area contributed by atoms with Crippen molar-refractivity contribution in [1.29, 1.82) is 0 Å². The van der Waals surface area contributed by atoms with Crippen LogP contribution in [0.1, 0.15) is 19.4 Å². The molecule has 0 aliphatic carbocycles. The highest BCUT2D eigenvalue weighted by Crippen LogP contribution is 2.49. The van der Waals surface area contributed by atoms with Crippen LogP contribution in [0.4, 0.5) is 18.9 Å². The molecule has 2 aliphatic rings. The highest BCUT2D eigenvalue weighted by molar-refractivity contribution is 6.13. The van der Waals surface area contributed by atoms with Crippen LogP contribution in [0.5, 0.6) is 0 Å². The Bertz CT molecular complexity index is 656. The first kappa shape index (κ1) is 15.8. The maximum absolute atomic E-state index is 12.8. The van der Waals surface area contributed by atoms with Gasteiger partial charge in [0, 0.05) is 18.2 Å². The number of nitrogens with zero attached hydrogens (tertiary/aromatic N) is 1. The molecule has 0 bridgehead atoms. The van der Waals surface area contributed by atoms with Gasteiger partial charge in [-0.2, -0.15) is 13.2 Å². The number of carbonyl (C=O) groups excluding carboxylic acids is 2. The highest BCUT2D eigenvalue weighted by Gasteiger charge is 2.64. The number of anilines is 1. The summed E-state index contributed by atoms with van der Waals surface area (Å²) < 4.78 is 43.0. The van der Waals surface area contributed by atoms with Gasteiger partial charge in [-0.05, 0) is 30.2 Å². The average molecular weight is 327 g/mol. The van der Waals surface area contributed by atoms with E-state index in [0.29, 0.717) is 5.69 Å². The number of amides is 1. The number of hydrogen-bond acceptors (Lipinski definition) is 3. The van der Waals surface area contributed by atoms with E-state index in [1.807, 2.05) is 0 Å². The molecule has 2 fully saturated rings.